The molecular formula is C15H22O4. The van der Waals surface area contributed by atoms with E-state index in [2.05, 4.69) is 0 Å². The minimum atomic E-state index is -1.57. The quantitative estimate of drug-likeness (QED) is 0.515. The van der Waals surface area contributed by atoms with Crippen LogP contribution in [0.25, 0.3) is 0 Å². The number of Topliss-reactive ketones (excluding diaryl/α,β-unsaturated/α-hetero) is 2. The first kappa shape index (κ1) is 19.4. The first-order valence-electron chi connectivity index (χ1n) is 6.37. The molecule has 1 rings (SSSR count). The zero-order valence-electron chi connectivity index (χ0n) is 12.2. The summed E-state index contributed by atoms with van der Waals surface area (Å²) in [5, 5.41) is 8.35. The van der Waals surface area contributed by atoms with Crippen LogP contribution in [0.2, 0.25) is 0 Å². The van der Waals surface area contributed by atoms with E-state index in [0.717, 1.165) is 5.56 Å². The van der Waals surface area contributed by atoms with Gasteiger partial charge in [-0.1, -0.05) is 52.0 Å². The fourth-order valence-corrected chi connectivity index (χ4v) is 1.20. The van der Waals surface area contributed by atoms with Gasteiger partial charge in [0.15, 0.2) is 5.78 Å². The maximum atomic E-state index is 11.5. The summed E-state index contributed by atoms with van der Waals surface area (Å²) >= 11 is 0. The van der Waals surface area contributed by atoms with Gasteiger partial charge in [-0.15, -0.1) is 0 Å². The van der Waals surface area contributed by atoms with Crippen LogP contribution >= 0.6 is 0 Å². The Morgan fingerprint density at radius 3 is 1.89 bits per heavy atom. The first-order chi connectivity index (χ1) is 9.02. The summed E-state index contributed by atoms with van der Waals surface area (Å²) in [5.74, 6) is -3.11. The molecule has 0 saturated heterocycles. The number of carbonyl (C=O) groups excluding carboxylic acids is 2. The van der Waals surface area contributed by atoms with E-state index in [0.29, 0.717) is 5.56 Å². The zero-order valence-corrected chi connectivity index (χ0v) is 12.2. The Bertz CT molecular complexity index is 422. The lowest BCUT2D eigenvalue weighted by molar-refractivity contribution is -0.148. The van der Waals surface area contributed by atoms with E-state index in [1.165, 1.54) is 0 Å². The topological polar surface area (TPSA) is 71.4 Å². The van der Waals surface area contributed by atoms with Crippen molar-refractivity contribution in [1.29, 1.82) is 0 Å². The highest BCUT2D eigenvalue weighted by Crippen LogP contribution is 2.09. The van der Waals surface area contributed by atoms with Crippen molar-refractivity contribution in [2.24, 2.45) is 0 Å². The predicted octanol–water partition coefficient (Wildman–Crippen LogP) is 3.27. The van der Waals surface area contributed by atoms with Gasteiger partial charge in [0.2, 0.25) is 5.78 Å². The molecule has 0 bridgehead atoms. The number of hydrogen-bond acceptors (Lipinski definition) is 3. The molecule has 4 nitrogen and oxygen atoms in total. The van der Waals surface area contributed by atoms with Crippen LogP contribution in [0.4, 0.5) is 0 Å². The van der Waals surface area contributed by atoms with Gasteiger partial charge in [0.1, 0.15) is 0 Å². The van der Waals surface area contributed by atoms with Gasteiger partial charge >= 0.3 is 5.97 Å². The van der Waals surface area contributed by atoms with Gasteiger partial charge < -0.3 is 5.11 Å². The molecule has 0 saturated carbocycles. The number of ketones is 2. The van der Waals surface area contributed by atoms with Crippen molar-refractivity contribution in [3.8, 4) is 0 Å². The minimum absolute atomic E-state index is 0.395. The third-order valence-corrected chi connectivity index (χ3v) is 2.01. The summed E-state index contributed by atoms with van der Waals surface area (Å²) in [7, 11) is 0. The van der Waals surface area contributed by atoms with Gasteiger partial charge in [0.25, 0.3) is 0 Å². The number of aryl methyl sites for hydroxylation is 1. The predicted molar refractivity (Wildman–Crippen MR) is 75.5 cm³/mol. The average molecular weight is 266 g/mol. The van der Waals surface area contributed by atoms with Crippen molar-refractivity contribution < 1.29 is 19.5 Å². The molecule has 0 aliphatic heterocycles. The normalized spacial score (nSPS) is 8.26. The van der Waals surface area contributed by atoms with E-state index in [1.807, 2.05) is 27.7 Å². The van der Waals surface area contributed by atoms with Gasteiger partial charge in [-0.2, -0.15) is 0 Å². The summed E-state index contributed by atoms with van der Waals surface area (Å²) in [4.78, 5) is 32.6. The Balaban J connectivity index is 0. The van der Waals surface area contributed by atoms with Gasteiger partial charge in [-0.25, -0.2) is 4.79 Å². The summed E-state index contributed by atoms with van der Waals surface area (Å²) < 4.78 is 0. The lowest BCUT2D eigenvalue weighted by Crippen LogP contribution is -2.17. The molecule has 4 heteroatoms. The van der Waals surface area contributed by atoms with E-state index in [1.54, 1.807) is 31.2 Å². The van der Waals surface area contributed by atoms with Gasteiger partial charge in [-0.3, -0.25) is 9.59 Å². The van der Waals surface area contributed by atoms with Crippen LogP contribution in [0.3, 0.4) is 0 Å². The Morgan fingerprint density at radius 1 is 1.00 bits per heavy atom. The molecule has 19 heavy (non-hydrogen) atoms. The lowest BCUT2D eigenvalue weighted by Gasteiger charge is -2.01. The monoisotopic (exact) mass is 266 g/mol. The van der Waals surface area contributed by atoms with Gasteiger partial charge in [0.05, 0.1) is 6.42 Å². The van der Waals surface area contributed by atoms with Crippen LogP contribution in [0.1, 0.15) is 50.0 Å². The molecule has 0 aliphatic carbocycles. The maximum Gasteiger partial charge on any atom is 0.372 e. The Kier molecular flexibility index (Phi) is 11.4. The summed E-state index contributed by atoms with van der Waals surface area (Å²) in [5.41, 5.74) is 1.13. The maximum absolute atomic E-state index is 11.5. The number of aliphatic carboxylic acids is 1. The molecule has 0 radical (unpaired) electrons. The third-order valence-electron chi connectivity index (χ3n) is 2.01. The van der Waals surface area contributed by atoms with Crippen molar-refractivity contribution in [3.05, 3.63) is 35.4 Å². The van der Waals surface area contributed by atoms with Gasteiger partial charge in [0, 0.05) is 5.56 Å². The molecule has 0 amide bonds. The molecule has 106 valence electrons. The van der Waals surface area contributed by atoms with Crippen molar-refractivity contribution >= 4 is 17.5 Å². The fourth-order valence-electron chi connectivity index (χ4n) is 1.20. The second-order valence-electron chi connectivity index (χ2n) is 3.14. The number of carboxylic acid groups (broad SMARTS) is 1. The minimum Gasteiger partial charge on any atom is -0.475 e. The molecule has 0 atom stereocenters. The molecule has 1 aromatic carbocycles. The zero-order chi connectivity index (χ0) is 15.4. The molecule has 1 aromatic rings. The summed E-state index contributed by atoms with van der Waals surface area (Å²) in [6.07, 6.45) is -0.583. The Labute approximate surface area is 114 Å². The highest BCUT2D eigenvalue weighted by molar-refractivity contribution is 6.37. The van der Waals surface area contributed by atoms with Crippen LogP contribution in [0, 0.1) is 6.92 Å². The van der Waals surface area contributed by atoms with Crippen molar-refractivity contribution in [2.75, 3.05) is 0 Å². The Morgan fingerprint density at radius 2 is 1.47 bits per heavy atom. The van der Waals surface area contributed by atoms with Crippen molar-refractivity contribution in [3.63, 3.8) is 0 Å². The molecule has 0 aromatic heterocycles. The van der Waals surface area contributed by atoms with E-state index in [4.69, 9.17) is 5.11 Å². The standard InChI is InChI=1S/C11H10O4.2C2H6/c1-7-4-2-3-5-8(7)9(12)6-10(13)11(14)15;2*1-2/h2-5H,6H2,1H3,(H,14,15);2*1-2H3. The molecular weight excluding hydrogens is 244 g/mol. The Hall–Kier alpha value is -1.97. The molecule has 0 heterocycles. The molecule has 0 spiro atoms. The number of carbonyl (C=O) groups is 3. The highest BCUT2D eigenvalue weighted by atomic mass is 16.4. The molecule has 0 fully saturated rings. The van der Waals surface area contributed by atoms with E-state index in [9.17, 15) is 14.4 Å². The average Bonchev–Trinajstić information content (AvgIpc) is 2.43. The molecule has 1 N–H and O–H groups in total. The van der Waals surface area contributed by atoms with Crippen molar-refractivity contribution in [1.82, 2.24) is 0 Å². The first-order valence-corrected chi connectivity index (χ1v) is 6.37. The lowest BCUT2D eigenvalue weighted by atomic mass is 10.0. The summed E-state index contributed by atoms with van der Waals surface area (Å²) in [6.45, 7) is 9.73. The largest absolute Gasteiger partial charge is 0.475 e. The fraction of sp³-hybridized carbons (Fsp3) is 0.400. The molecule has 0 unspecified atom stereocenters. The second kappa shape index (κ2) is 11.1. The van der Waals surface area contributed by atoms with Crippen LogP contribution in [-0.2, 0) is 9.59 Å². The number of rotatable bonds is 4. The third kappa shape index (κ3) is 7.13. The SMILES string of the molecule is CC.CC.Cc1ccccc1C(=O)CC(=O)C(=O)O. The van der Waals surface area contributed by atoms with Gasteiger partial charge in [-0.05, 0) is 12.5 Å². The van der Waals surface area contributed by atoms with E-state index < -0.39 is 24.0 Å². The van der Waals surface area contributed by atoms with E-state index in [-0.39, 0.29) is 0 Å². The van der Waals surface area contributed by atoms with Crippen LogP contribution in [-0.4, -0.2) is 22.6 Å². The van der Waals surface area contributed by atoms with Crippen LogP contribution in [0.15, 0.2) is 24.3 Å². The van der Waals surface area contributed by atoms with Crippen LogP contribution < -0.4 is 0 Å². The number of benzene rings is 1. The van der Waals surface area contributed by atoms with E-state index >= 15 is 0 Å². The van der Waals surface area contributed by atoms with Crippen LogP contribution in [0.5, 0.6) is 0 Å². The number of hydrogen-bond donors (Lipinski definition) is 1. The van der Waals surface area contributed by atoms with Crippen molar-refractivity contribution in [2.45, 2.75) is 41.0 Å². The second-order valence-corrected chi connectivity index (χ2v) is 3.14. The highest BCUT2D eigenvalue weighted by Gasteiger charge is 2.18. The number of carboxylic acids is 1. The molecule has 0 aliphatic rings. The summed E-state index contributed by atoms with van der Waals surface area (Å²) in [6, 6.07) is 6.75. The smallest absolute Gasteiger partial charge is 0.372 e.